The van der Waals surface area contributed by atoms with Gasteiger partial charge < -0.3 is 5.32 Å². The fraction of sp³-hybridized carbons (Fsp3) is 0.667. The van der Waals surface area contributed by atoms with Crippen molar-refractivity contribution in [1.29, 1.82) is 0 Å². The first-order chi connectivity index (χ1) is 8.92. The predicted octanol–water partition coefficient (Wildman–Crippen LogP) is 1.84. The summed E-state index contributed by atoms with van der Waals surface area (Å²) in [6, 6.07) is 5.88. The highest BCUT2D eigenvalue weighted by atomic mass is 15.2. The van der Waals surface area contributed by atoms with E-state index in [2.05, 4.69) is 27.3 Å². The van der Waals surface area contributed by atoms with E-state index in [1.807, 2.05) is 12.4 Å². The second kappa shape index (κ2) is 5.81. The zero-order chi connectivity index (χ0) is 12.2. The second-order valence-electron chi connectivity index (χ2n) is 5.62. The van der Waals surface area contributed by atoms with Crippen molar-refractivity contribution in [3.63, 3.8) is 0 Å². The third-order valence-corrected chi connectivity index (χ3v) is 4.12. The van der Waals surface area contributed by atoms with Crippen molar-refractivity contribution in [3.8, 4) is 0 Å². The largest absolute Gasteiger partial charge is 0.313 e. The average Bonchev–Trinajstić information content (AvgIpc) is 3.13. The number of hydrogen-bond acceptors (Lipinski definition) is 3. The molecule has 18 heavy (non-hydrogen) atoms. The summed E-state index contributed by atoms with van der Waals surface area (Å²) in [5, 5.41) is 3.62. The molecule has 1 aliphatic heterocycles. The first kappa shape index (κ1) is 12.1. The molecular weight excluding hydrogens is 222 g/mol. The molecule has 3 heteroatoms. The van der Waals surface area contributed by atoms with Gasteiger partial charge in [0, 0.05) is 37.6 Å². The number of aromatic nitrogens is 1. The van der Waals surface area contributed by atoms with E-state index < -0.39 is 0 Å². The van der Waals surface area contributed by atoms with Crippen molar-refractivity contribution in [3.05, 3.63) is 30.1 Å². The minimum absolute atomic E-state index is 0.739. The SMILES string of the molecule is c1cc(CCN(CC2CCCN2)C2CC2)ccn1. The van der Waals surface area contributed by atoms with Crippen LogP contribution in [-0.4, -0.2) is 41.6 Å². The van der Waals surface area contributed by atoms with Crippen LogP contribution >= 0.6 is 0 Å². The van der Waals surface area contributed by atoms with E-state index in [4.69, 9.17) is 0 Å². The molecule has 0 bridgehead atoms. The van der Waals surface area contributed by atoms with Crippen LogP contribution in [0, 0.1) is 0 Å². The maximum atomic E-state index is 4.08. The van der Waals surface area contributed by atoms with Crippen molar-refractivity contribution in [2.45, 2.75) is 44.2 Å². The fourth-order valence-corrected chi connectivity index (χ4v) is 2.88. The summed E-state index contributed by atoms with van der Waals surface area (Å²) in [5.74, 6) is 0. The lowest BCUT2D eigenvalue weighted by atomic mass is 10.1. The van der Waals surface area contributed by atoms with Crippen LogP contribution in [-0.2, 0) is 6.42 Å². The molecule has 2 heterocycles. The Labute approximate surface area is 110 Å². The molecule has 1 aliphatic carbocycles. The van der Waals surface area contributed by atoms with Crippen LogP contribution in [0.3, 0.4) is 0 Å². The summed E-state index contributed by atoms with van der Waals surface area (Å²) >= 11 is 0. The third kappa shape index (κ3) is 3.30. The molecule has 1 N–H and O–H groups in total. The molecule has 98 valence electrons. The average molecular weight is 245 g/mol. The van der Waals surface area contributed by atoms with Crippen LogP contribution in [0.25, 0.3) is 0 Å². The Balaban J connectivity index is 1.50. The quantitative estimate of drug-likeness (QED) is 0.829. The Morgan fingerprint density at radius 3 is 2.72 bits per heavy atom. The normalized spacial score (nSPS) is 23.7. The maximum absolute atomic E-state index is 4.08. The van der Waals surface area contributed by atoms with Gasteiger partial charge in [-0.15, -0.1) is 0 Å². The van der Waals surface area contributed by atoms with E-state index in [0.29, 0.717) is 0 Å². The Morgan fingerprint density at radius 2 is 2.06 bits per heavy atom. The molecule has 1 aromatic heterocycles. The van der Waals surface area contributed by atoms with Crippen LogP contribution in [0.4, 0.5) is 0 Å². The van der Waals surface area contributed by atoms with Gasteiger partial charge in [-0.3, -0.25) is 9.88 Å². The van der Waals surface area contributed by atoms with Crippen molar-refractivity contribution < 1.29 is 0 Å². The van der Waals surface area contributed by atoms with Crippen LogP contribution in [0.2, 0.25) is 0 Å². The van der Waals surface area contributed by atoms with E-state index >= 15 is 0 Å². The highest BCUT2D eigenvalue weighted by Gasteiger charge is 2.30. The molecule has 0 spiro atoms. The molecule has 1 unspecified atom stereocenters. The van der Waals surface area contributed by atoms with Gasteiger partial charge in [-0.05, 0) is 56.3 Å². The van der Waals surface area contributed by atoms with Gasteiger partial charge in [-0.2, -0.15) is 0 Å². The number of nitrogens with zero attached hydrogens (tertiary/aromatic N) is 2. The monoisotopic (exact) mass is 245 g/mol. The van der Waals surface area contributed by atoms with Crippen LogP contribution in [0.15, 0.2) is 24.5 Å². The van der Waals surface area contributed by atoms with E-state index in [-0.39, 0.29) is 0 Å². The third-order valence-electron chi connectivity index (χ3n) is 4.12. The van der Waals surface area contributed by atoms with Crippen LogP contribution in [0.5, 0.6) is 0 Å². The zero-order valence-electron chi connectivity index (χ0n) is 11.0. The van der Waals surface area contributed by atoms with Gasteiger partial charge in [0.25, 0.3) is 0 Å². The lowest BCUT2D eigenvalue weighted by Gasteiger charge is -2.25. The Bertz CT molecular complexity index is 355. The van der Waals surface area contributed by atoms with Gasteiger partial charge in [0.2, 0.25) is 0 Å². The first-order valence-corrected chi connectivity index (χ1v) is 7.28. The number of rotatable bonds is 6. The van der Waals surface area contributed by atoms with Crippen molar-refractivity contribution in [2.24, 2.45) is 0 Å². The second-order valence-corrected chi connectivity index (χ2v) is 5.62. The van der Waals surface area contributed by atoms with E-state index in [0.717, 1.165) is 18.5 Å². The Morgan fingerprint density at radius 1 is 1.22 bits per heavy atom. The highest BCUT2D eigenvalue weighted by Crippen LogP contribution is 2.27. The summed E-state index contributed by atoms with van der Waals surface area (Å²) in [6.45, 7) is 3.66. The minimum atomic E-state index is 0.739. The lowest BCUT2D eigenvalue weighted by molar-refractivity contribution is 0.242. The summed E-state index contributed by atoms with van der Waals surface area (Å²) in [4.78, 5) is 6.78. The van der Waals surface area contributed by atoms with Crippen molar-refractivity contribution >= 4 is 0 Å². The molecule has 1 aromatic rings. The molecule has 1 saturated heterocycles. The predicted molar refractivity (Wildman–Crippen MR) is 73.6 cm³/mol. The van der Waals surface area contributed by atoms with Crippen LogP contribution in [0.1, 0.15) is 31.2 Å². The van der Waals surface area contributed by atoms with Gasteiger partial charge in [-0.1, -0.05) is 0 Å². The molecule has 0 radical (unpaired) electrons. The molecule has 3 nitrogen and oxygen atoms in total. The van der Waals surface area contributed by atoms with E-state index in [1.165, 1.54) is 50.9 Å². The molecular formula is C15H23N3. The number of nitrogens with one attached hydrogen (secondary N) is 1. The summed E-state index contributed by atoms with van der Waals surface area (Å²) < 4.78 is 0. The van der Waals surface area contributed by atoms with Gasteiger partial charge in [0.1, 0.15) is 0 Å². The minimum Gasteiger partial charge on any atom is -0.313 e. The summed E-state index contributed by atoms with van der Waals surface area (Å²) in [5.41, 5.74) is 1.41. The van der Waals surface area contributed by atoms with Gasteiger partial charge in [-0.25, -0.2) is 0 Å². The van der Waals surface area contributed by atoms with Gasteiger partial charge >= 0.3 is 0 Å². The number of hydrogen-bond donors (Lipinski definition) is 1. The van der Waals surface area contributed by atoms with E-state index in [9.17, 15) is 0 Å². The molecule has 1 atom stereocenters. The fourth-order valence-electron chi connectivity index (χ4n) is 2.88. The summed E-state index contributed by atoms with van der Waals surface area (Å²) in [6.07, 6.45) is 10.5. The molecule has 2 aliphatic rings. The van der Waals surface area contributed by atoms with Gasteiger partial charge in [0.05, 0.1) is 0 Å². The molecule has 1 saturated carbocycles. The highest BCUT2D eigenvalue weighted by molar-refractivity contribution is 5.10. The molecule has 0 amide bonds. The van der Waals surface area contributed by atoms with E-state index in [1.54, 1.807) is 0 Å². The zero-order valence-corrected chi connectivity index (χ0v) is 11.0. The first-order valence-electron chi connectivity index (χ1n) is 7.28. The molecule has 2 fully saturated rings. The lowest BCUT2D eigenvalue weighted by Crippen LogP contribution is -2.39. The Hall–Kier alpha value is -0.930. The van der Waals surface area contributed by atoms with Gasteiger partial charge in [0.15, 0.2) is 0 Å². The number of pyridine rings is 1. The Kier molecular flexibility index (Phi) is 3.91. The standard InChI is InChI=1S/C15H23N3/c1-2-14(17-8-1)12-18(15-3-4-15)11-7-13-5-9-16-10-6-13/h5-6,9-10,14-15,17H,1-4,7-8,11-12H2. The topological polar surface area (TPSA) is 28.2 Å². The van der Waals surface area contributed by atoms with Crippen molar-refractivity contribution in [1.82, 2.24) is 15.2 Å². The maximum Gasteiger partial charge on any atom is 0.0270 e. The smallest absolute Gasteiger partial charge is 0.0270 e. The van der Waals surface area contributed by atoms with Crippen molar-refractivity contribution in [2.75, 3.05) is 19.6 Å². The summed E-state index contributed by atoms with van der Waals surface area (Å²) in [7, 11) is 0. The van der Waals surface area contributed by atoms with Crippen LogP contribution < -0.4 is 5.32 Å². The molecule has 0 aromatic carbocycles. The molecule has 3 rings (SSSR count).